The minimum Gasteiger partial charge on any atom is -0.481 e. The molecule has 2 fully saturated rings. The second-order valence-corrected chi connectivity index (χ2v) is 7.38. The molecule has 0 heterocycles. The Hall–Kier alpha value is -1.06. The quantitative estimate of drug-likeness (QED) is 0.776. The first-order valence-corrected chi connectivity index (χ1v) is 8.95. The van der Waals surface area contributed by atoms with Crippen molar-refractivity contribution in [2.75, 3.05) is 0 Å². The van der Waals surface area contributed by atoms with Gasteiger partial charge in [-0.1, -0.05) is 39.5 Å². The lowest BCUT2D eigenvalue weighted by atomic mass is 9.54. The van der Waals surface area contributed by atoms with Gasteiger partial charge in [0.2, 0.25) is 0 Å². The van der Waals surface area contributed by atoms with E-state index in [4.69, 9.17) is 0 Å². The van der Waals surface area contributed by atoms with Gasteiger partial charge in [-0.2, -0.15) is 0 Å². The van der Waals surface area contributed by atoms with Crippen LogP contribution in [0.1, 0.15) is 65.2 Å². The molecule has 0 bridgehead atoms. The number of carbonyl (C=O) groups is 2. The Labute approximate surface area is 133 Å². The van der Waals surface area contributed by atoms with Crippen LogP contribution >= 0.6 is 0 Å². The Bertz CT molecular complexity index is 406. The van der Waals surface area contributed by atoms with Gasteiger partial charge >= 0.3 is 11.9 Å². The standard InChI is InChI=1S/C18H30O4/c1-3-5-11-9-14-13(17(19)20)8-7-12(6-4-2)16(14)15(10-11)18(21)22/h11-16H,3-10H2,1-2H3,(H,19,20)(H,21,22). The summed E-state index contributed by atoms with van der Waals surface area (Å²) in [6.45, 7) is 4.26. The van der Waals surface area contributed by atoms with Gasteiger partial charge in [-0.15, -0.1) is 0 Å². The molecule has 0 amide bonds. The molecule has 6 unspecified atom stereocenters. The fraction of sp³-hybridized carbons (Fsp3) is 0.889. The molecule has 0 spiro atoms. The number of carboxylic acid groups (broad SMARTS) is 2. The van der Waals surface area contributed by atoms with E-state index in [1.807, 2.05) is 0 Å². The van der Waals surface area contributed by atoms with Gasteiger partial charge in [-0.05, 0) is 49.4 Å². The lowest BCUT2D eigenvalue weighted by molar-refractivity contribution is -0.160. The van der Waals surface area contributed by atoms with Crippen molar-refractivity contribution in [1.29, 1.82) is 0 Å². The molecule has 2 aliphatic carbocycles. The van der Waals surface area contributed by atoms with Crippen LogP contribution in [0.15, 0.2) is 0 Å². The van der Waals surface area contributed by atoms with Crippen LogP contribution in [0.2, 0.25) is 0 Å². The fourth-order valence-corrected chi connectivity index (χ4v) is 5.29. The molecule has 0 aromatic rings. The molecule has 126 valence electrons. The lowest BCUT2D eigenvalue weighted by Crippen LogP contribution is -2.48. The van der Waals surface area contributed by atoms with Crippen LogP contribution in [-0.2, 0) is 9.59 Å². The van der Waals surface area contributed by atoms with E-state index >= 15 is 0 Å². The van der Waals surface area contributed by atoms with Gasteiger partial charge in [-0.3, -0.25) is 9.59 Å². The summed E-state index contributed by atoms with van der Waals surface area (Å²) in [5.74, 6) is -1.18. The number of hydrogen-bond acceptors (Lipinski definition) is 2. The molecule has 2 aliphatic rings. The number of rotatable bonds is 6. The molecule has 0 saturated heterocycles. The average molecular weight is 310 g/mol. The van der Waals surface area contributed by atoms with Crippen LogP contribution in [-0.4, -0.2) is 22.2 Å². The van der Waals surface area contributed by atoms with Crippen molar-refractivity contribution in [2.45, 2.75) is 65.2 Å². The average Bonchev–Trinajstić information content (AvgIpc) is 2.46. The van der Waals surface area contributed by atoms with Crippen LogP contribution in [0.3, 0.4) is 0 Å². The van der Waals surface area contributed by atoms with Gasteiger partial charge in [0.05, 0.1) is 11.8 Å². The SMILES string of the molecule is CCCC1CC(C(=O)O)C2C(CCC)CCC(C(=O)O)C2C1. The third kappa shape index (κ3) is 3.47. The van der Waals surface area contributed by atoms with Crippen molar-refractivity contribution >= 4 is 11.9 Å². The van der Waals surface area contributed by atoms with E-state index in [0.29, 0.717) is 11.8 Å². The summed E-state index contributed by atoms with van der Waals surface area (Å²) in [5.41, 5.74) is 0. The molecular weight excluding hydrogens is 280 g/mol. The second kappa shape index (κ2) is 7.47. The van der Waals surface area contributed by atoms with Crippen molar-refractivity contribution in [3.8, 4) is 0 Å². The predicted molar refractivity (Wildman–Crippen MR) is 84.5 cm³/mol. The molecule has 2 N–H and O–H groups in total. The fourth-order valence-electron chi connectivity index (χ4n) is 5.29. The van der Waals surface area contributed by atoms with E-state index in [-0.39, 0.29) is 23.7 Å². The summed E-state index contributed by atoms with van der Waals surface area (Å²) in [6.07, 6.45) is 7.44. The molecule has 0 aliphatic heterocycles. The molecule has 6 atom stereocenters. The van der Waals surface area contributed by atoms with Crippen molar-refractivity contribution in [2.24, 2.45) is 35.5 Å². The Kier molecular flexibility index (Phi) is 5.87. The van der Waals surface area contributed by atoms with E-state index in [9.17, 15) is 19.8 Å². The molecule has 4 heteroatoms. The zero-order valence-electron chi connectivity index (χ0n) is 13.8. The molecule has 22 heavy (non-hydrogen) atoms. The van der Waals surface area contributed by atoms with Gasteiger partial charge < -0.3 is 10.2 Å². The predicted octanol–water partition coefficient (Wildman–Crippen LogP) is 4.04. The largest absolute Gasteiger partial charge is 0.481 e. The van der Waals surface area contributed by atoms with Gasteiger partial charge in [0.15, 0.2) is 0 Å². The molecular formula is C18H30O4. The van der Waals surface area contributed by atoms with Crippen LogP contribution in [0.4, 0.5) is 0 Å². The summed E-state index contributed by atoms with van der Waals surface area (Å²) < 4.78 is 0. The Morgan fingerprint density at radius 2 is 1.55 bits per heavy atom. The van der Waals surface area contributed by atoms with Crippen molar-refractivity contribution in [3.63, 3.8) is 0 Å². The molecule has 0 radical (unpaired) electrons. The minimum absolute atomic E-state index is 0.0641. The second-order valence-electron chi connectivity index (χ2n) is 7.38. The number of carboxylic acids is 2. The Balaban J connectivity index is 2.29. The van der Waals surface area contributed by atoms with Gasteiger partial charge in [0.1, 0.15) is 0 Å². The number of aliphatic carboxylic acids is 2. The molecule has 0 aromatic heterocycles. The normalized spacial score (nSPS) is 38.3. The molecule has 4 nitrogen and oxygen atoms in total. The molecule has 2 saturated carbocycles. The van der Waals surface area contributed by atoms with Gasteiger partial charge in [0.25, 0.3) is 0 Å². The van der Waals surface area contributed by atoms with E-state index in [0.717, 1.165) is 51.4 Å². The number of hydrogen-bond donors (Lipinski definition) is 2. The maximum absolute atomic E-state index is 11.8. The van der Waals surface area contributed by atoms with E-state index in [1.54, 1.807) is 0 Å². The van der Waals surface area contributed by atoms with Crippen LogP contribution in [0.25, 0.3) is 0 Å². The summed E-state index contributed by atoms with van der Waals surface area (Å²) >= 11 is 0. The molecule has 2 rings (SSSR count). The zero-order valence-corrected chi connectivity index (χ0v) is 13.8. The first-order chi connectivity index (χ1) is 10.5. The lowest BCUT2D eigenvalue weighted by Gasteiger charge is -2.49. The van der Waals surface area contributed by atoms with Crippen LogP contribution in [0.5, 0.6) is 0 Å². The van der Waals surface area contributed by atoms with E-state index in [1.165, 1.54) is 0 Å². The first kappa shape index (κ1) is 17.3. The van der Waals surface area contributed by atoms with E-state index < -0.39 is 11.9 Å². The number of fused-ring (bicyclic) bond motifs is 1. The summed E-state index contributed by atoms with van der Waals surface area (Å²) in [4.78, 5) is 23.5. The zero-order chi connectivity index (χ0) is 16.3. The van der Waals surface area contributed by atoms with Crippen LogP contribution in [0, 0.1) is 35.5 Å². The molecule has 0 aromatic carbocycles. The van der Waals surface area contributed by atoms with Crippen LogP contribution < -0.4 is 0 Å². The first-order valence-electron chi connectivity index (χ1n) is 8.95. The summed E-state index contributed by atoms with van der Waals surface area (Å²) in [6, 6.07) is 0. The summed E-state index contributed by atoms with van der Waals surface area (Å²) in [7, 11) is 0. The van der Waals surface area contributed by atoms with Crippen molar-refractivity contribution in [3.05, 3.63) is 0 Å². The highest BCUT2D eigenvalue weighted by Crippen LogP contribution is 2.53. The van der Waals surface area contributed by atoms with Crippen molar-refractivity contribution < 1.29 is 19.8 Å². The maximum Gasteiger partial charge on any atom is 0.306 e. The van der Waals surface area contributed by atoms with Crippen molar-refractivity contribution in [1.82, 2.24) is 0 Å². The highest BCUT2D eigenvalue weighted by atomic mass is 16.4. The smallest absolute Gasteiger partial charge is 0.306 e. The highest BCUT2D eigenvalue weighted by molar-refractivity contribution is 5.73. The third-order valence-electron chi connectivity index (χ3n) is 6.05. The summed E-state index contributed by atoms with van der Waals surface area (Å²) in [5, 5.41) is 19.3. The Morgan fingerprint density at radius 1 is 0.909 bits per heavy atom. The highest BCUT2D eigenvalue weighted by Gasteiger charge is 2.51. The van der Waals surface area contributed by atoms with Gasteiger partial charge in [0, 0.05) is 0 Å². The van der Waals surface area contributed by atoms with Gasteiger partial charge in [-0.25, -0.2) is 0 Å². The van der Waals surface area contributed by atoms with E-state index in [2.05, 4.69) is 13.8 Å². The maximum atomic E-state index is 11.8. The Morgan fingerprint density at radius 3 is 2.09 bits per heavy atom. The monoisotopic (exact) mass is 310 g/mol. The third-order valence-corrected chi connectivity index (χ3v) is 6.05. The minimum atomic E-state index is -0.716. The topological polar surface area (TPSA) is 74.6 Å².